The molecule has 1 aliphatic rings. The Morgan fingerprint density at radius 2 is 1.84 bits per heavy atom. The maximum atomic E-state index is 12.3. The van der Waals surface area contributed by atoms with Gasteiger partial charge in [0.05, 0.1) is 5.56 Å². The first-order valence-corrected chi connectivity index (χ1v) is 11.2. The minimum Gasteiger partial charge on any atom is -0.697 e. The van der Waals surface area contributed by atoms with E-state index in [1.54, 1.807) is 43.6 Å². The smallest absolute Gasteiger partial charge is 0.697 e. The van der Waals surface area contributed by atoms with Crippen LogP contribution in [0.4, 0.5) is 5.69 Å². The van der Waals surface area contributed by atoms with Gasteiger partial charge in [-0.25, -0.2) is 8.42 Å². The Morgan fingerprint density at radius 1 is 1.19 bits per heavy atom. The molecule has 0 spiro atoms. The van der Waals surface area contributed by atoms with Crippen LogP contribution in [0.5, 0.6) is 0 Å². The Bertz CT molecular complexity index is 1150. The summed E-state index contributed by atoms with van der Waals surface area (Å²) in [5.74, 6) is 0. The second-order valence-electron chi connectivity index (χ2n) is 7.23. The van der Waals surface area contributed by atoms with E-state index < -0.39 is 10.0 Å². The molecule has 0 radical (unpaired) electrons. The molecule has 7 nitrogen and oxygen atoms in total. The molecule has 164 valence electrons. The first-order chi connectivity index (χ1) is 14.4. The Balaban J connectivity index is 0.000000220. The molecule has 0 saturated carbocycles. The van der Waals surface area contributed by atoms with Crippen molar-refractivity contribution in [3.8, 4) is 6.07 Å². The van der Waals surface area contributed by atoms with Crippen LogP contribution in [0, 0.1) is 24.3 Å². The number of H-pyrrole nitrogens is 1. The number of piperidine rings is 1. The number of fused-ring (bicyclic) bond motifs is 1. The number of aryl methyl sites for hydroxylation is 1. The number of aromatic amines is 1. The second kappa shape index (κ2) is 10.9. The zero-order valence-corrected chi connectivity index (χ0v) is 20.8. The van der Waals surface area contributed by atoms with E-state index in [1.165, 1.54) is 4.31 Å². The molecular weight excluding hydrogens is 589 g/mol. The zero-order chi connectivity index (χ0) is 21.7. The van der Waals surface area contributed by atoms with E-state index in [1.807, 2.05) is 13.0 Å². The number of hydrogen-bond acceptors (Lipinski definition) is 4. The summed E-state index contributed by atoms with van der Waals surface area (Å²) < 4.78 is 26.1. The SMILES string of the molecule is CN(C1CCNCC1)S(=O)(=O)c1cc[c-]cc1.Cc1ccc([NH-])c2[nH]cc(C#N)c12.[Os+2]. The molecule has 3 aromatic rings. The van der Waals surface area contributed by atoms with Crippen molar-refractivity contribution < 1.29 is 28.2 Å². The number of hydrogen-bond donors (Lipinski definition) is 2. The summed E-state index contributed by atoms with van der Waals surface area (Å²) in [6, 6.07) is 15.1. The number of sulfonamides is 1. The van der Waals surface area contributed by atoms with Crippen molar-refractivity contribution in [2.75, 3.05) is 20.1 Å². The molecule has 1 saturated heterocycles. The van der Waals surface area contributed by atoms with Crippen molar-refractivity contribution in [1.82, 2.24) is 14.6 Å². The minimum atomic E-state index is -3.35. The monoisotopic (exact) mass is 615 g/mol. The first kappa shape index (κ1) is 25.0. The molecule has 31 heavy (non-hydrogen) atoms. The average Bonchev–Trinajstić information content (AvgIpc) is 3.23. The van der Waals surface area contributed by atoms with Crippen LogP contribution >= 0.6 is 0 Å². The van der Waals surface area contributed by atoms with E-state index in [4.69, 9.17) is 11.0 Å². The van der Waals surface area contributed by atoms with Gasteiger partial charge in [0.1, 0.15) is 6.07 Å². The van der Waals surface area contributed by atoms with Gasteiger partial charge in [0.2, 0.25) is 10.0 Å². The third-order valence-corrected chi connectivity index (χ3v) is 7.28. The van der Waals surface area contributed by atoms with Gasteiger partial charge in [0, 0.05) is 30.2 Å². The number of nitriles is 1. The van der Waals surface area contributed by atoms with Crippen molar-refractivity contribution in [2.45, 2.75) is 30.7 Å². The van der Waals surface area contributed by atoms with Crippen molar-refractivity contribution in [2.24, 2.45) is 0 Å². The third-order valence-electron chi connectivity index (χ3n) is 5.35. The van der Waals surface area contributed by atoms with Gasteiger partial charge in [0.15, 0.2) is 0 Å². The molecule has 2 aromatic carbocycles. The van der Waals surface area contributed by atoms with Gasteiger partial charge in [-0.2, -0.15) is 39.9 Å². The molecule has 1 fully saturated rings. The predicted octanol–water partition coefficient (Wildman–Crippen LogP) is 3.89. The van der Waals surface area contributed by atoms with Gasteiger partial charge in [-0.1, -0.05) is 12.1 Å². The summed E-state index contributed by atoms with van der Waals surface area (Å²) >= 11 is 0. The van der Waals surface area contributed by atoms with E-state index >= 15 is 0 Å². The van der Waals surface area contributed by atoms with Crippen molar-refractivity contribution >= 4 is 26.6 Å². The van der Waals surface area contributed by atoms with E-state index in [2.05, 4.69) is 22.4 Å². The van der Waals surface area contributed by atoms with Crippen molar-refractivity contribution in [3.05, 3.63) is 65.5 Å². The summed E-state index contributed by atoms with van der Waals surface area (Å²) in [7, 11) is -1.68. The van der Waals surface area contributed by atoms with E-state index in [0.717, 1.165) is 42.4 Å². The average molecular weight is 614 g/mol. The number of aromatic nitrogens is 1. The molecule has 0 amide bonds. The van der Waals surface area contributed by atoms with Crippen LogP contribution in [0.2, 0.25) is 0 Å². The summed E-state index contributed by atoms with van der Waals surface area (Å²) in [6.07, 6.45) is 3.39. The predicted molar refractivity (Wildman–Crippen MR) is 118 cm³/mol. The molecular formula is C22H25N5O2OsS. The van der Waals surface area contributed by atoms with Gasteiger partial charge in [0.25, 0.3) is 0 Å². The van der Waals surface area contributed by atoms with Gasteiger partial charge in [-0.15, -0.1) is 5.69 Å². The summed E-state index contributed by atoms with van der Waals surface area (Å²) in [5.41, 5.74) is 10.4. The fourth-order valence-electron chi connectivity index (χ4n) is 3.58. The number of nitrogens with zero attached hydrogens (tertiary/aromatic N) is 2. The Kier molecular flexibility index (Phi) is 8.79. The standard InChI is InChI=1S/C12H17N2O2S.C10H8N3.Os/c1-14(11-7-9-13-10-8-11)17(15,16)12-5-3-2-4-6-12;1-6-2-3-8(12)10-9(6)7(4-11)5-13-10;/h3-6,11,13H,7-10H2,1H3;2-3,5,12-13H,1H3;/q2*-1;+2. The Hall–Kier alpha value is -2.22. The van der Waals surface area contributed by atoms with Crippen molar-refractivity contribution in [3.63, 3.8) is 0 Å². The van der Waals surface area contributed by atoms with E-state index in [9.17, 15) is 8.42 Å². The number of benzene rings is 2. The zero-order valence-electron chi connectivity index (χ0n) is 17.4. The van der Waals surface area contributed by atoms with Crippen LogP contribution < -0.4 is 5.32 Å². The molecule has 9 heteroatoms. The fraction of sp³-hybridized carbons (Fsp3) is 0.318. The largest absolute Gasteiger partial charge is 2.00 e. The molecule has 2 heterocycles. The maximum absolute atomic E-state index is 12.3. The molecule has 1 aliphatic heterocycles. The normalized spacial score (nSPS) is 14.4. The van der Waals surface area contributed by atoms with Gasteiger partial charge in [-0.05, 0) is 43.3 Å². The quantitative estimate of drug-likeness (QED) is 0.437. The van der Waals surface area contributed by atoms with E-state index in [0.29, 0.717) is 16.1 Å². The van der Waals surface area contributed by atoms with Crippen LogP contribution in [0.3, 0.4) is 0 Å². The third kappa shape index (κ3) is 5.53. The molecule has 0 unspecified atom stereocenters. The molecule has 0 bridgehead atoms. The van der Waals surface area contributed by atoms with Crippen molar-refractivity contribution in [1.29, 1.82) is 5.26 Å². The van der Waals surface area contributed by atoms with Crippen LogP contribution in [0.15, 0.2) is 47.5 Å². The van der Waals surface area contributed by atoms with Crippen LogP contribution in [-0.2, 0) is 29.8 Å². The van der Waals surface area contributed by atoms with E-state index in [-0.39, 0.29) is 25.8 Å². The van der Waals surface area contributed by atoms with Gasteiger partial charge < -0.3 is 16.0 Å². The van der Waals surface area contributed by atoms with Crippen LogP contribution in [0.1, 0.15) is 24.0 Å². The second-order valence-corrected chi connectivity index (χ2v) is 9.23. The van der Waals surface area contributed by atoms with Crippen LogP contribution in [0.25, 0.3) is 16.6 Å². The minimum absolute atomic E-state index is 0. The molecule has 0 aliphatic carbocycles. The van der Waals surface area contributed by atoms with Crippen LogP contribution in [-0.4, -0.2) is 43.9 Å². The summed E-state index contributed by atoms with van der Waals surface area (Å²) in [5, 5.41) is 12.9. The van der Waals surface area contributed by atoms with Gasteiger partial charge in [-0.3, -0.25) is 0 Å². The summed E-state index contributed by atoms with van der Waals surface area (Å²) in [6.45, 7) is 3.71. The molecule has 1 aromatic heterocycles. The Labute approximate surface area is 196 Å². The molecule has 4 rings (SSSR count). The topological polar surface area (TPSA) is 113 Å². The first-order valence-electron chi connectivity index (χ1n) is 9.73. The fourth-order valence-corrected chi connectivity index (χ4v) is 5.00. The number of nitrogens with one attached hydrogen (secondary N) is 3. The van der Waals surface area contributed by atoms with Gasteiger partial charge >= 0.3 is 19.8 Å². The molecule has 0 atom stereocenters. The summed E-state index contributed by atoms with van der Waals surface area (Å²) in [4.78, 5) is 3.28. The maximum Gasteiger partial charge on any atom is 2.00 e. The molecule has 3 N–H and O–H groups in total. The number of rotatable bonds is 3. The Morgan fingerprint density at radius 3 is 2.45 bits per heavy atom.